The van der Waals surface area contributed by atoms with Crippen LogP contribution in [0, 0.1) is 5.92 Å². The van der Waals surface area contributed by atoms with E-state index in [1.807, 2.05) is 13.8 Å². The van der Waals surface area contributed by atoms with Crippen LogP contribution in [0.15, 0.2) is 0 Å². The van der Waals surface area contributed by atoms with Gasteiger partial charge in [0.25, 0.3) is 0 Å². The summed E-state index contributed by atoms with van der Waals surface area (Å²) in [5.74, 6) is 0.260. The molecule has 0 fully saturated rings. The van der Waals surface area contributed by atoms with E-state index < -0.39 is 0 Å². The average Bonchev–Trinajstić information content (AvgIpc) is 2.21. The fourth-order valence-corrected chi connectivity index (χ4v) is 2.55. The maximum Gasteiger partial charge on any atom is 0.227 e. The van der Waals surface area contributed by atoms with Gasteiger partial charge < -0.3 is 5.32 Å². The minimum Gasteiger partial charge on any atom is -0.309 e. The molecule has 0 saturated carbocycles. The molecule has 0 aromatic carbocycles. The highest BCUT2D eigenvalue weighted by molar-refractivity contribution is 5.77. The normalized spacial score (nSPS) is 14.6. The molecule has 0 aromatic rings. The van der Waals surface area contributed by atoms with Gasteiger partial charge in [0.05, 0.1) is 28.2 Å². The van der Waals surface area contributed by atoms with E-state index in [9.17, 15) is 4.79 Å². The molecule has 1 N–H and O–H groups in total. The van der Waals surface area contributed by atoms with Gasteiger partial charge in [0, 0.05) is 5.92 Å². The lowest BCUT2D eigenvalue weighted by molar-refractivity contribution is -1.07. The SMILES string of the molecule is CCC(C)C(=O)NC[N+](C)(C)C[N+](C)(C)CN(C)C. The molecule has 5 heteroatoms. The van der Waals surface area contributed by atoms with Gasteiger partial charge in [-0.15, -0.1) is 0 Å². The van der Waals surface area contributed by atoms with Crippen molar-refractivity contribution in [3.05, 3.63) is 0 Å². The van der Waals surface area contributed by atoms with E-state index in [2.05, 4.69) is 52.5 Å². The number of amides is 1. The number of carbonyl (C=O) groups is 1. The van der Waals surface area contributed by atoms with E-state index in [0.717, 1.165) is 28.7 Å². The highest BCUT2D eigenvalue weighted by Crippen LogP contribution is 2.07. The highest BCUT2D eigenvalue weighted by atomic mass is 16.2. The van der Waals surface area contributed by atoms with Gasteiger partial charge in [-0.3, -0.25) is 18.7 Å². The van der Waals surface area contributed by atoms with Crippen molar-refractivity contribution in [2.75, 3.05) is 62.3 Å². The predicted octanol–water partition coefficient (Wildman–Crippen LogP) is 0.736. The van der Waals surface area contributed by atoms with Crippen molar-refractivity contribution < 1.29 is 13.8 Å². The van der Waals surface area contributed by atoms with E-state index in [0.29, 0.717) is 6.67 Å². The zero-order valence-electron chi connectivity index (χ0n) is 14.2. The van der Waals surface area contributed by atoms with Crippen molar-refractivity contribution in [2.45, 2.75) is 20.3 Å². The van der Waals surface area contributed by atoms with Gasteiger partial charge in [0.2, 0.25) is 12.6 Å². The molecule has 0 aliphatic heterocycles. The van der Waals surface area contributed by atoms with Gasteiger partial charge in [0.1, 0.15) is 6.67 Å². The Kier molecular flexibility index (Phi) is 6.97. The summed E-state index contributed by atoms with van der Waals surface area (Å²) in [4.78, 5) is 14.0. The van der Waals surface area contributed by atoms with Crippen molar-refractivity contribution in [3.63, 3.8) is 0 Å². The lowest BCUT2D eigenvalue weighted by Crippen LogP contribution is -2.60. The summed E-state index contributed by atoms with van der Waals surface area (Å²) in [6.45, 7) is 6.65. The number of rotatable bonds is 8. The van der Waals surface area contributed by atoms with Gasteiger partial charge >= 0.3 is 0 Å². The molecule has 0 heterocycles. The molecule has 0 bridgehead atoms. The van der Waals surface area contributed by atoms with Gasteiger partial charge in [-0.2, -0.15) is 0 Å². The molecular weight excluding hydrogens is 240 g/mol. The van der Waals surface area contributed by atoms with Crippen LogP contribution >= 0.6 is 0 Å². The van der Waals surface area contributed by atoms with E-state index in [4.69, 9.17) is 0 Å². The van der Waals surface area contributed by atoms with Crippen LogP contribution in [-0.2, 0) is 4.79 Å². The molecule has 0 aromatic heterocycles. The van der Waals surface area contributed by atoms with Crippen molar-refractivity contribution in [1.29, 1.82) is 0 Å². The van der Waals surface area contributed by atoms with E-state index in [1.54, 1.807) is 0 Å². The molecule has 0 radical (unpaired) electrons. The molecular formula is C14H34N4O+2. The summed E-state index contributed by atoms with van der Waals surface area (Å²) in [6.07, 6.45) is 0.890. The average molecular weight is 274 g/mol. The van der Waals surface area contributed by atoms with Gasteiger partial charge in [-0.25, -0.2) is 0 Å². The Labute approximate surface area is 119 Å². The molecule has 1 unspecified atom stereocenters. The maximum atomic E-state index is 11.8. The first kappa shape index (κ1) is 18.4. The molecule has 114 valence electrons. The summed E-state index contributed by atoms with van der Waals surface area (Å²) in [5, 5.41) is 3.06. The minimum atomic E-state index is 0.101. The molecule has 0 aliphatic rings. The first-order valence-electron chi connectivity index (χ1n) is 7.05. The topological polar surface area (TPSA) is 32.3 Å². The molecule has 0 rings (SSSR count). The zero-order chi connectivity index (χ0) is 15.3. The van der Waals surface area contributed by atoms with Crippen molar-refractivity contribution in [1.82, 2.24) is 10.2 Å². The highest BCUT2D eigenvalue weighted by Gasteiger charge is 2.28. The van der Waals surface area contributed by atoms with E-state index in [-0.39, 0.29) is 11.8 Å². The lowest BCUT2D eigenvalue weighted by atomic mass is 10.1. The predicted molar refractivity (Wildman–Crippen MR) is 80.1 cm³/mol. The standard InChI is InChI=1S/C14H33N4O/c1-9-13(2)14(19)15-10-17(5,6)12-18(7,8)11-16(3)4/h13H,9-12H2,1-8H3/q+1/p+1. The summed E-state index contributed by atoms with van der Waals surface area (Å²) >= 11 is 0. The third-order valence-corrected chi connectivity index (χ3v) is 3.17. The largest absolute Gasteiger partial charge is 0.309 e. The fraction of sp³-hybridized carbons (Fsp3) is 0.929. The van der Waals surface area contributed by atoms with Gasteiger partial charge in [-0.1, -0.05) is 13.8 Å². The third kappa shape index (κ3) is 8.18. The zero-order valence-corrected chi connectivity index (χ0v) is 14.2. The quantitative estimate of drug-likeness (QED) is 0.523. The van der Waals surface area contributed by atoms with Crippen LogP contribution < -0.4 is 5.32 Å². The number of hydrogen-bond donors (Lipinski definition) is 1. The maximum absolute atomic E-state index is 11.8. The Morgan fingerprint density at radius 3 is 2.11 bits per heavy atom. The Bertz CT molecular complexity index is 287. The van der Waals surface area contributed by atoms with Gasteiger partial charge in [0.15, 0.2) is 6.67 Å². The monoisotopic (exact) mass is 274 g/mol. The second kappa shape index (κ2) is 7.22. The number of quaternary nitrogens is 2. The molecule has 1 amide bonds. The second-order valence-electron chi connectivity index (χ2n) is 7.24. The van der Waals surface area contributed by atoms with Crippen molar-refractivity contribution in [3.8, 4) is 0 Å². The molecule has 1 atom stereocenters. The third-order valence-electron chi connectivity index (χ3n) is 3.17. The fourth-order valence-electron chi connectivity index (χ4n) is 2.55. The van der Waals surface area contributed by atoms with Crippen molar-refractivity contribution >= 4 is 5.91 Å². The first-order chi connectivity index (χ1) is 8.49. The minimum absolute atomic E-state index is 0.101. The number of nitrogens with zero attached hydrogens (tertiary/aromatic N) is 3. The summed E-state index contributed by atoms with van der Waals surface area (Å²) in [5.41, 5.74) is 0. The first-order valence-corrected chi connectivity index (χ1v) is 7.05. The summed E-state index contributed by atoms with van der Waals surface area (Å²) in [7, 11) is 12.9. The summed E-state index contributed by atoms with van der Waals surface area (Å²) < 4.78 is 1.68. The number of carbonyl (C=O) groups excluding carboxylic acids is 1. The second-order valence-corrected chi connectivity index (χ2v) is 7.24. The van der Waals surface area contributed by atoms with Crippen LogP contribution in [0.4, 0.5) is 0 Å². The van der Waals surface area contributed by atoms with Crippen LogP contribution in [0.25, 0.3) is 0 Å². The number of nitrogens with one attached hydrogen (secondary N) is 1. The number of hydrogen-bond acceptors (Lipinski definition) is 2. The Morgan fingerprint density at radius 1 is 1.16 bits per heavy atom. The van der Waals surface area contributed by atoms with Gasteiger partial charge in [-0.05, 0) is 20.5 Å². The van der Waals surface area contributed by atoms with E-state index >= 15 is 0 Å². The van der Waals surface area contributed by atoms with Crippen LogP contribution in [0.2, 0.25) is 0 Å². The molecule has 0 aliphatic carbocycles. The molecule has 0 spiro atoms. The smallest absolute Gasteiger partial charge is 0.227 e. The lowest BCUT2D eigenvalue weighted by Gasteiger charge is -2.39. The van der Waals surface area contributed by atoms with Crippen molar-refractivity contribution in [2.24, 2.45) is 5.92 Å². The molecule has 0 saturated heterocycles. The van der Waals surface area contributed by atoms with Crippen LogP contribution in [0.3, 0.4) is 0 Å². The van der Waals surface area contributed by atoms with E-state index in [1.165, 1.54) is 0 Å². The Morgan fingerprint density at radius 2 is 1.68 bits per heavy atom. The molecule has 19 heavy (non-hydrogen) atoms. The summed E-state index contributed by atoms with van der Waals surface area (Å²) in [6, 6.07) is 0. The van der Waals surface area contributed by atoms with Crippen LogP contribution in [-0.4, -0.2) is 82.1 Å². The molecule has 5 nitrogen and oxygen atoms in total. The van der Waals surface area contributed by atoms with Crippen LogP contribution in [0.1, 0.15) is 20.3 Å². The van der Waals surface area contributed by atoms with Crippen LogP contribution in [0.5, 0.6) is 0 Å². The Hall–Kier alpha value is -0.650. The Balaban J connectivity index is 4.35.